The number of carbonyl (C=O) groups is 1. The largest absolute Gasteiger partial charge is 0.337 e. The van der Waals surface area contributed by atoms with Crippen LogP contribution in [0.4, 0.5) is 0 Å². The summed E-state index contributed by atoms with van der Waals surface area (Å²) in [4.78, 5) is 45.9. The van der Waals surface area contributed by atoms with Crippen LogP contribution < -0.4 is 5.56 Å². The third-order valence-corrected chi connectivity index (χ3v) is 7.36. The molecule has 1 N–H and O–H groups in total. The first-order valence-electron chi connectivity index (χ1n) is 12.1. The molecule has 4 heterocycles. The minimum absolute atomic E-state index is 0.0245. The fourth-order valence-corrected chi connectivity index (χ4v) is 5.51. The van der Waals surface area contributed by atoms with Gasteiger partial charge in [0.2, 0.25) is 0 Å². The Morgan fingerprint density at radius 2 is 1.88 bits per heavy atom. The minimum atomic E-state index is -0.0819. The Morgan fingerprint density at radius 3 is 2.62 bits per heavy atom. The Balaban J connectivity index is 1.21. The van der Waals surface area contributed by atoms with Crippen LogP contribution in [0, 0.1) is 5.92 Å². The van der Waals surface area contributed by atoms with Crippen molar-refractivity contribution in [3.8, 4) is 0 Å². The first kappa shape index (κ1) is 21.2. The third-order valence-electron chi connectivity index (χ3n) is 7.36. The molecule has 0 unspecified atom stereocenters. The van der Waals surface area contributed by atoms with E-state index in [0.29, 0.717) is 18.8 Å². The van der Waals surface area contributed by atoms with Crippen LogP contribution in [-0.2, 0) is 13.0 Å². The van der Waals surface area contributed by atoms with Gasteiger partial charge < -0.3 is 9.88 Å². The molecule has 8 heteroatoms. The topological polar surface area (TPSA) is 95.1 Å². The van der Waals surface area contributed by atoms with E-state index >= 15 is 0 Å². The van der Waals surface area contributed by atoms with Gasteiger partial charge in [0.1, 0.15) is 11.5 Å². The predicted molar refractivity (Wildman–Crippen MR) is 120 cm³/mol. The van der Waals surface area contributed by atoms with E-state index in [0.717, 1.165) is 61.9 Å². The second-order valence-electron chi connectivity index (χ2n) is 9.52. The Labute approximate surface area is 188 Å². The molecule has 1 aliphatic carbocycles. The number of carbonyl (C=O) groups excluding carboxylic acids is 1. The summed E-state index contributed by atoms with van der Waals surface area (Å²) < 4.78 is 0. The van der Waals surface area contributed by atoms with Gasteiger partial charge >= 0.3 is 0 Å². The second-order valence-corrected chi connectivity index (χ2v) is 9.52. The number of aromatic amines is 1. The summed E-state index contributed by atoms with van der Waals surface area (Å²) in [6, 6.07) is 0. The minimum Gasteiger partial charge on any atom is -0.337 e. The zero-order chi connectivity index (χ0) is 21.9. The van der Waals surface area contributed by atoms with E-state index in [-0.39, 0.29) is 17.4 Å². The maximum atomic E-state index is 12.9. The van der Waals surface area contributed by atoms with Crippen molar-refractivity contribution in [1.82, 2.24) is 29.7 Å². The summed E-state index contributed by atoms with van der Waals surface area (Å²) >= 11 is 0. The monoisotopic (exact) mass is 436 g/mol. The molecule has 0 bridgehead atoms. The van der Waals surface area contributed by atoms with E-state index in [1.54, 1.807) is 6.20 Å². The molecule has 32 heavy (non-hydrogen) atoms. The van der Waals surface area contributed by atoms with Crippen LogP contribution in [0.15, 0.2) is 23.4 Å². The third kappa shape index (κ3) is 4.60. The van der Waals surface area contributed by atoms with Crippen LogP contribution in [0.1, 0.15) is 78.4 Å². The smallest absolute Gasteiger partial charge is 0.274 e. The number of aromatic nitrogens is 4. The summed E-state index contributed by atoms with van der Waals surface area (Å²) in [6.45, 7) is 4.09. The van der Waals surface area contributed by atoms with E-state index in [9.17, 15) is 9.59 Å². The van der Waals surface area contributed by atoms with Crippen LogP contribution in [0.25, 0.3) is 0 Å². The number of nitrogens with zero attached hydrogens (tertiary/aromatic N) is 5. The molecule has 8 nitrogen and oxygen atoms in total. The molecule has 0 spiro atoms. The number of H-pyrrole nitrogens is 1. The standard InChI is InChI=1S/C24H32N6O2/c31-23-19-16-29(15-17-4-2-1-3-5-17)11-8-20(19)27-22(28-23)18-6-12-30(13-7-18)24(32)21-14-25-9-10-26-21/h9-10,14,17-18H,1-8,11-13,15-16H2,(H,27,28,31). The maximum absolute atomic E-state index is 12.9. The molecule has 2 aliphatic heterocycles. The number of hydrogen-bond acceptors (Lipinski definition) is 6. The SMILES string of the molecule is O=C(c1cnccn1)N1CCC(c2nc3c(c(=O)[nH]2)CN(CC2CCCCC2)CC3)CC1. The average molecular weight is 437 g/mol. The summed E-state index contributed by atoms with van der Waals surface area (Å²) in [6.07, 6.45) is 13.8. The lowest BCUT2D eigenvalue weighted by Gasteiger charge is -2.34. The molecule has 5 rings (SSSR count). The highest BCUT2D eigenvalue weighted by atomic mass is 16.2. The molecule has 2 fully saturated rings. The van der Waals surface area contributed by atoms with Gasteiger partial charge in [-0.3, -0.25) is 19.5 Å². The van der Waals surface area contributed by atoms with Gasteiger partial charge in [-0.2, -0.15) is 0 Å². The van der Waals surface area contributed by atoms with Gasteiger partial charge in [0.25, 0.3) is 11.5 Å². The zero-order valence-electron chi connectivity index (χ0n) is 18.6. The van der Waals surface area contributed by atoms with Gasteiger partial charge in [0, 0.05) is 57.5 Å². The highest BCUT2D eigenvalue weighted by Gasteiger charge is 2.29. The zero-order valence-corrected chi connectivity index (χ0v) is 18.6. The lowest BCUT2D eigenvalue weighted by Crippen LogP contribution is -2.40. The van der Waals surface area contributed by atoms with E-state index < -0.39 is 0 Å². The Hall–Kier alpha value is -2.61. The molecule has 3 aliphatic rings. The molecule has 170 valence electrons. The number of nitrogens with one attached hydrogen (secondary N) is 1. The van der Waals surface area contributed by atoms with Crippen molar-refractivity contribution in [2.75, 3.05) is 26.2 Å². The van der Waals surface area contributed by atoms with Crippen LogP contribution in [0.2, 0.25) is 0 Å². The molecule has 0 atom stereocenters. The fraction of sp³-hybridized carbons (Fsp3) is 0.625. The number of hydrogen-bond donors (Lipinski definition) is 1. The van der Waals surface area contributed by atoms with Gasteiger partial charge in [-0.1, -0.05) is 19.3 Å². The Kier molecular flexibility index (Phi) is 6.30. The van der Waals surface area contributed by atoms with Crippen molar-refractivity contribution in [3.63, 3.8) is 0 Å². The van der Waals surface area contributed by atoms with Crippen LogP contribution in [0.5, 0.6) is 0 Å². The molecule has 1 amide bonds. The van der Waals surface area contributed by atoms with Gasteiger partial charge in [-0.15, -0.1) is 0 Å². The van der Waals surface area contributed by atoms with Crippen molar-refractivity contribution in [2.45, 2.75) is 63.8 Å². The normalized spacial score (nSPS) is 20.8. The summed E-state index contributed by atoms with van der Waals surface area (Å²) in [7, 11) is 0. The first-order valence-corrected chi connectivity index (χ1v) is 12.1. The van der Waals surface area contributed by atoms with Crippen LogP contribution in [-0.4, -0.2) is 61.8 Å². The molecule has 1 saturated carbocycles. The lowest BCUT2D eigenvalue weighted by atomic mass is 9.88. The molecular weight excluding hydrogens is 404 g/mol. The number of amides is 1. The van der Waals surface area contributed by atoms with Crippen LogP contribution >= 0.6 is 0 Å². The number of piperidine rings is 1. The van der Waals surface area contributed by atoms with E-state index in [2.05, 4.69) is 19.9 Å². The number of likely N-dealkylation sites (tertiary alicyclic amines) is 1. The average Bonchev–Trinajstić information content (AvgIpc) is 2.85. The highest BCUT2D eigenvalue weighted by Crippen LogP contribution is 2.28. The maximum Gasteiger partial charge on any atom is 0.274 e. The van der Waals surface area contributed by atoms with Gasteiger partial charge in [0.05, 0.1) is 17.5 Å². The van der Waals surface area contributed by atoms with Crippen LogP contribution in [0.3, 0.4) is 0 Å². The fourth-order valence-electron chi connectivity index (χ4n) is 5.51. The van der Waals surface area contributed by atoms with Crippen molar-refractivity contribution in [2.24, 2.45) is 5.92 Å². The molecule has 2 aromatic rings. The van der Waals surface area contributed by atoms with Gasteiger partial charge in [-0.05, 0) is 31.6 Å². The quantitative estimate of drug-likeness (QED) is 0.791. The predicted octanol–water partition coefficient (Wildman–Crippen LogP) is 2.52. The molecule has 2 aromatic heterocycles. The highest BCUT2D eigenvalue weighted by molar-refractivity contribution is 5.92. The molecule has 0 radical (unpaired) electrons. The molecule has 0 aromatic carbocycles. The first-order chi connectivity index (χ1) is 15.7. The second kappa shape index (κ2) is 9.48. The number of rotatable bonds is 4. The summed E-state index contributed by atoms with van der Waals surface area (Å²) in [5, 5.41) is 0. The summed E-state index contributed by atoms with van der Waals surface area (Å²) in [5.74, 6) is 1.67. The van der Waals surface area contributed by atoms with E-state index in [4.69, 9.17) is 4.98 Å². The van der Waals surface area contributed by atoms with Crippen molar-refractivity contribution in [3.05, 3.63) is 51.7 Å². The van der Waals surface area contributed by atoms with Crippen molar-refractivity contribution < 1.29 is 4.79 Å². The van der Waals surface area contributed by atoms with Gasteiger partial charge in [0.15, 0.2) is 0 Å². The summed E-state index contributed by atoms with van der Waals surface area (Å²) in [5.41, 5.74) is 2.23. The van der Waals surface area contributed by atoms with Crippen molar-refractivity contribution in [1.29, 1.82) is 0 Å². The molecule has 1 saturated heterocycles. The van der Waals surface area contributed by atoms with E-state index in [1.807, 2.05) is 4.90 Å². The Bertz CT molecular complexity index is 993. The Morgan fingerprint density at radius 1 is 1.06 bits per heavy atom. The van der Waals surface area contributed by atoms with Gasteiger partial charge in [-0.25, -0.2) is 9.97 Å². The molecular formula is C24H32N6O2. The lowest BCUT2D eigenvalue weighted by molar-refractivity contribution is 0.0704. The van der Waals surface area contributed by atoms with E-state index in [1.165, 1.54) is 44.5 Å². The number of fused-ring (bicyclic) bond motifs is 1. The van der Waals surface area contributed by atoms with Crippen molar-refractivity contribution >= 4 is 5.91 Å².